The number of carboxylic acids is 1. The summed E-state index contributed by atoms with van der Waals surface area (Å²) < 4.78 is 26.1. The van der Waals surface area contributed by atoms with Crippen LogP contribution in [0.3, 0.4) is 0 Å². The van der Waals surface area contributed by atoms with E-state index in [4.69, 9.17) is 5.11 Å². The molecule has 20 heavy (non-hydrogen) atoms. The molecule has 6 heteroatoms. The van der Waals surface area contributed by atoms with Gasteiger partial charge in [-0.25, -0.2) is 18.6 Å². The smallest absolute Gasteiger partial charge is 0.354 e. The molecule has 2 N–H and O–H groups in total. The molecule has 0 aliphatic carbocycles. The van der Waals surface area contributed by atoms with Crippen molar-refractivity contribution in [1.29, 1.82) is 0 Å². The number of nitrogens with one attached hydrogen (secondary N) is 1. The van der Waals surface area contributed by atoms with Crippen LogP contribution in [0.15, 0.2) is 36.4 Å². The summed E-state index contributed by atoms with van der Waals surface area (Å²) in [4.78, 5) is 14.7. The van der Waals surface area contributed by atoms with Gasteiger partial charge in [-0.1, -0.05) is 12.1 Å². The molecule has 0 atom stereocenters. The van der Waals surface area contributed by atoms with Gasteiger partial charge in [0.1, 0.15) is 17.3 Å². The van der Waals surface area contributed by atoms with E-state index in [1.165, 1.54) is 18.2 Å². The highest BCUT2D eigenvalue weighted by molar-refractivity contribution is 5.85. The minimum atomic E-state index is -1.10. The zero-order valence-corrected chi connectivity index (χ0v) is 10.4. The summed E-state index contributed by atoms with van der Waals surface area (Å²) in [6, 6.07) is 8.01. The van der Waals surface area contributed by atoms with Gasteiger partial charge < -0.3 is 10.4 Å². The number of rotatable bonds is 5. The number of benzene rings is 1. The van der Waals surface area contributed by atoms with Gasteiger partial charge in [-0.15, -0.1) is 0 Å². The predicted molar refractivity (Wildman–Crippen MR) is 68.1 cm³/mol. The van der Waals surface area contributed by atoms with Gasteiger partial charge in [0.25, 0.3) is 0 Å². The largest absolute Gasteiger partial charge is 0.477 e. The summed E-state index contributed by atoms with van der Waals surface area (Å²) in [5.41, 5.74) is 0.825. The van der Waals surface area contributed by atoms with Crippen LogP contribution in [0.1, 0.15) is 21.7 Å². The van der Waals surface area contributed by atoms with Crippen LogP contribution in [0.5, 0.6) is 0 Å². The van der Waals surface area contributed by atoms with Crippen molar-refractivity contribution in [2.45, 2.75) is 13.1 Å². The second-order valence-electron chi connectivity index (χ2n) is 4.16. The molecule has 2 rings (SSSR count). The quantitative estimate of drug-likeness (QED) is 0.881. The van der Waals surface area contributed by atoms with Gasteiger partial charge in [-0.2, -0.15) is 0 Å². The molecule has 0 fully saturated rings. The normalized spacial score (nSPS) is 10.5. The third-order valence-corrected chi connectivity index (χ3v) is 2.66. The molecule has 0 spiro atoms. The van der Waals surface area contributed by atoms with Gasteiger partial charge in [0.15, 0.2) is 0 Å². The second-order valence-corrected chi connectivity index (χ2v) is 4.16. The van der Waals surface area contributed by atoms with E-state index in [2.05, 4.69) is 10.3 Å². The van der Waals surface area contributed by atoms with Gasteiger partial charge in [0.05, 0.1) is 5.69 Å². The zero-order chi connectivity index (χ0) is 14.5. The van der Waals surface area contributed by atoms with E-state index in [0.717, 1.165) is 6.07 Å². The molecule has 0 bridgehead atoms. The highest BCUT2D eigenvalue weighted by atomic mass is 19.1. The van der Waals surface area contributed by atoms with Gasteiger partial charge in [-0.3, -0.25) is 0 Å². The molecular weight excluding hydrogens is 266 g/mol. The number of carboxylic acid groups (broad SMARTS) is 1. The lowest BCUT2D eigenvalue weighted by Gasteiger charge is -2.06. The Bertz CT molecular complexity index is 632. The second kappa shape index (κ2) is 6.21. The lowest BCUT2D eigenvalue weighted by atomic mass is 10.2. The maximum absolute atomic E-state index is 13.4. The van der Waals surface area contributed by atoms with Crippen LogP contribution in [-0.4, -0.2) is 16.1 Å². The molecule has 1 aromatic carbocycles. The number of aromatic nitrogens is 1. The number of nitrogens with zero attached hydrogens (tertiary/aromatic N) is 1. The summed E-state index contributed by atoms with van der Waals surface area (Å²) in [6.07, 6.45) is 0. The molecule has 1 aromatic heterocycles. The SMILES string of the molecule is O=C(O)c1cccc(CNCc2ccc(F)cc2F)n1. The number of hydrogen-bond acceptors (Lipinski definition) is 3. The van der Waals surface area contributed by atoms with Crippen LogP contribution < -0.4 is 5.32 Å². The fraction of sp³-hybridized carbons (Fsp3) is 0.143. The van der Waals surface area contributed by atoms with Crippen LogP contribution in [-0.2, 0) is 13.1 Å². The standard InChI is InChI=1S/C14H12F2N2O2/c15-10-5-4-9(12(16)6-10)7-17-8-11-2-1-3-13(18-11)14(19)20/h1-6,17H,7-8H2,(H,19,20). The van der Waals surface area contributed by atoms with Gasteiger partial charge in [-0.05, 0) is 18.2 Å². The molecule has 104 valence electrons. The Morgan fingerprint density at radius 3 is 2.70 bits per heavy atom. The van der Waals surface area contributed by atoms with Crippen molar-refractivity contribution in [1.82, 2.24) is 10.3 Å². The first-order chi connectivity index (χ1) is 9.56. The van der Waals surface area contributed by atoms with Crippen molar-refractivity contribution >= 4 is 5.97 Å². The van der Waals surface area contributed by atoms with E-state index in [1.807, 2.05) is 0 Å². The number of halogens is 2. The van der Waals surface area contributed by atoms with Gasteiger partial charge in [0, 0.05) is 24.7 Å². The first kappa shape index (κ1) is 14.1. The molecule has 4 nitrogen and oxygen atoms in total. The fourth-order valence-corrected chi connectivity index (χ4v) is 1.69. The predicted octanol–water partition coefficient (Wildman–Crippen LogP) is 2.35. The van der Waals surface area contributed by atoms with E-state index in [0.29, 0.717) is 11.3 Å². The summed E-state index contributed by atoms with van der Waals surface area (Å²) in [5.74, 6) is -2.34. The van der Waals surface area contributed by atoms with Crippen molar-refractivity contribution < 1.29 is 18.7 Å². The van der Waals surface area contributed by atoms with Crippen molar-refractivity contribution in [2.24, 2.45) is 0 Å². The number of pyridine rings is 1. The lowest BCUT2D eigenvalue weighted by Crippen LogP contribution is -2.15. The zero-order valence-electron chi connectivity index (χ0n) is 10.4. The first-order valence-corrected chi connectivity index (χ1v) is 5.90. The Kier molecular flexibility index (Phi) is 4.37. The molecule has 2 aromatic rings. The van der Waals surface area contributed by atoms with Crippen LogP contribution >= 0.6 is 0 Å². The molecule has 0 saturated heterocycles. The lowest BCUT2D eigenvalue weighted by molar-refractivity contribution is 0.0690. The number of aromatic carboxylic acids is 1. The third kappa shape index (κ3) is 3.58. The molecular formula is C14H12F2N2O2. The molecule has 0 unspecified atom stereocenters. The fourth-order valence-electron chi connectivity index (χ4n) is 1.69. The highest BCUT2D eigenvalue weighted by Crippen LogP contribution is 2.09. The topological polar surface area (TPSA) is 62.2 Å². The van der Waals surface area contributed by atoms with E-state index in [1.54, 1.807) is 12.1 Å². The van der Waals surface area contributed by atoms with Crippen molar-refractivity contribution in [3.63, 3.8) is 0 Å². The van der Waals surface area contributed by atoms with E-state index < -0.39 is 17.6 Å². The van der Waals surface area contributed by atoms with Crippen molar-refractivity contribution in [3.8, 4) is 0 Å². The van der Waals surface area contributed by atoms with Gasteiger partial charge >= 0.3 is 5.97 Å². The van der Waals surface area contributed by atoms with E-state index >= 15 is 0 Å². The molecule has 0 aliphatic rings. The molecule has 0 saturated carbocycles. The Hall–Kier alpha value is -2.34. The summed E-state index contributed by atoms with van der Waals surface area (Å²) in [7, 11) is 0. The molecule has 1 heterocycles. The van der Waals surface area contributed by atoms with E-state index in [-0.39, 0.29) is 18.8 Å². The monoisotopic (exact) mass is 278 g/mol. The number of hydrogen-bond donors (Lipinski definition) is 2. The highest BCUT2D eigenvalue weighted by Gasteiger charge is 2.06. The molecule has 0 aliphatic heterocycles. The summed E-state index contributed by atoms with van der Waals surface area (Å²) >= 11 is 0. The molecule has 0 radical (unpaired) electrons. The van der Waals surface area contributed by atoms with Crippen LogP contribution in [0.4, 0.5) is 8.78 Å². The van der Waals surface area contributed by atoms with Crippen molar-refractivity contribution in [3.05, 3.63) is 65.0 Å². The Labute approximate surface area is 114 Å². The van der Waals surface area contributed by atoms with Crippen LogP contribution in [0, 0.1) is 11.6 Å². The summed E-state index contributed by atoms with van der Waals surface area (Å²) in [6.45, 7) is 0.489. The first-order valence-electron chi connectivity index (χ1n) is 5.90. The summed E-state index contributed by atoms with van der Waals surface area (Å²) in [5, 5.41) is 11.7. The van der Waals surface area contributed by atoms with E-state index in [9.17, 15) is 13.6 Å². The Morgan fingerprint density at radius 1 is 1.20 bits per heavy atom. The van der Waals surface area contributed by atoms with Crippen LogP contribution in [0.25, 0.3) is 0 Å². The minimum Gasteiger partial charge on any atom is -0.477 e. The minimum absolute atomic E-state index is 0.0442. The maximum Gasteiger partial charge on any atom is 0.354 e. The average molecular weight is 278 g/mol. The third-order valence-electron chi connectivity index (χ3n) is 2.66. The average Bonchev–Trinajstić information content (AvgIpc) is 2.41. The number of carbonyl (C=O) groups is 1. The Balaban J connectivity index is 1.96. The molecule has 0 amide bonds. The van der Waals surface area contributed by atoms with Crippen LogP contribution in [0.2, 0.25) is 0 Å². The van der Waals surface area contributed by atoms with Crippen molar-refractivity contribution in [2.75, 3.05) is 0 Å². The Morgan fingerprint density at radius 2 is 2.00 bits per heavy atom. The van der Waals surface area contributed by atoms with Gasteiger partial charge in [0.2, 0.25) is 0 Å². The maximum atomic E-state index is 13.4.